The minimum Gasteiger partial charge on any atom is -0.313 e. The first-order chi connectivity index (χ1) is 9.62. The van der Waals surface area contributed by atoms with Crippen molar-refractivity contribution in [2.75, 3.05) is 6.54 Å². The number of rotatable bonds is 10. The highest BCUT2D eigenvalue weighted by atomic mass is 14.9. The van der Waals surface area contributed by atoms with Crippen LogP contribution in [0.15, 0.2) is 43.0 Å². The Balaban J connectivity index is 2.61. The quantitative estimate of drug-likeness (QED) is 0.463. The molecular weight excluding hydrogens is 242 g/mol. The van der Waals surface area contributed by atoms with Crippen molar-refractivity contribution in [3.63, 3.8) is 0 Å². The highest BCUT2D eigenvalue weighted by Crippen LogP contribution is 2.29. The number of hydrogen-bond donors (Lipinski definition) is 1. The molecule has 1 aromatic rings. The highest BCUT2D eigenvalue weighted by molar-refractivity contribution is 5.25. The Morgan fingerprint density at radius 3 is 2.45 bits per heavy atom. The van der Waals surface area contributed by atoms with Crippen LogP contribution in [0.1, 0.15) is 58.4 Å². The number of allylic oxidation sites excluding steroid dienone is 1. The van der Waals surface area contributed by atoms with Gasteiger partial charge in [-0.1, -0.05) is 70.0 Å². The molecule has 1 rings (SSSR count). The van der Waals surface area contributed by atoms with Crippen LogP contribution in [0.4, 0.5) is 0 Å². The van der Waals surface area contributed by atoms with E-state index in [2.05, 4.69) is 63.0 Å². The molecule has 1 atom stereocenters. The monoisotopic (exact) mass is 273 g/mol. The predicted octanol–water partition coefficient (Wildman–Crippen LogP) is 5.08. The van der Waals surface area contributed by atoms with Gasteiger partial charge in [0.15, 0.2) is 0 Å². The lowest BCUT2D eigenvalue weighted by molar-refractivity contribution is 0.318. The van der Waals surface area contributed by atoms with Crippen molar-refractivity contribution in [2.24, 2.45) is 0 Å². The van der Waals surface area contributed by atoms with Crippen LogP contribution < -0.4 is 5.32 Å². The first-order valence-corrected chi connectivity index (χ1v) is 8.02. The first kappa shape index (κ1) is 17.0. The van der Waals surface area contributed by atoms with Gasteiger partial charge in [-0.25, -0.2) is 0 Å². The average molecular weight is 273 g/mol. The van der Waals surface area contributed by atoms with E-state index in [4.69, 9.17) is 0 Å². The molecule has 1 N–H and O–H groups in total. The van der Waals surface area contributed by atoms with Gasteiger partial charge >= 0.3 is 0 Å². The second kappa shape index (κ2) is 8.97. The lowest BCUT2D eigenvalue weighted by Crippen LogP contribution is -2.44. The van der Waals surface area contributed by atoms with E-state index in [9.17, 15) is 0 Å². The number of nitrogens with one attached hydrogen (secondary N) is 1. The van der Waals surface area contributed by atoms with Crippen molar-refractivity contribution in [1.29, 1.82) is 0 Å². The molecule has 0 aromatic heterocycles. The maximum Gasteiger partial charge on any atom is 0.0159 e. The summed E-state index contributed by atoms with van der Waals surface area (Å²) in [5.74, 6) is 0. The fourth-order valence-corrected chi connectivity index (χ4v) is 2.85. The largest absolute Gasteiger partial charge is 0.313 e. The van der Waals surface area contributed by atoms with Gasteiger partial charge in [0.25, 0.3) is 0 Å². The zero-order valence-corrected chi connectivity index (χ0v) is 13.5. The molecule has 1 nitrogen and oxygen atoms in total. The van der Waals surface area contributed by atoms with E-state index in [0.717, 1.165) is 13.0 Å². The molecule has 0 radical (unpaired) electrons. The summed E-state index contributed by atoms with van der Waals surface area (Å²) in [5, 5.41) is 3.69. The molecule has 0 amide bonds. The van der Waals surface area contributed by atoms with E-state index in [0.29, 0.717) is 6.04 Å². The summed E-state index contributed by atoms with van der Waals surface area (Å²) in [6.07, 6.45) is 8.28. The molecule has 1 unspecified atom stereocenters. The second-order valence-corrected chi connectivity index (χ2v) is 6.12. The van der Waals surface area contributed by atoms with Crippen LogP contribution >= 0.6 is 0 Å². The average Bonchev–Trinajstić information content (AvgIpc) is 2.46. The fourth-order valence-electron chi connectivity index (χ4n) is 2.85. The Hall–Kier alpha value is -1.08. The molecule has 0 aliphatic rings. The molecule has 1 aromatic carbocycles. The van der Waals surface area contributed by atoms with Crippen LogP contribution in [0.3, 0.4) is 0 Å². The summed E-state index contributed by atoms with van der Waals surface area (Å²) < 4.78 is 0. The lowest BCUT2D eigenvalue weighted by Gasteiger charge is -2.36. The number of likely N-dealkylation sites (N-methyl/N-ethyl adjacent to an activating group) is 1. The summed E-state index contributed by atoms with van der Waals surface area (Å²) in [6.45, 7) is 11.7. The third-order valence-corrected chi connectivity index (χ3v) is 4.24. The molecule has 1 heteroatoms. The third-order valence-electron chi connectivity index (χ3n) is 4.24. The minimum absolute atomic E-state index is 0.176. The van der Waals surface area contributed by atoms with Crippen molar-refractivity contribution in [1.82, 2.24) is 5.32 Å². The molecule has 0 bridgehead atoms. The molecule has 0 saturated carbocycles. The van der Waals surface area contributed by atoms with Gasteiger partial charge in [0.2, 0.25) is 0 Å². The zero-order chi connectivity index (χ0) is 14.8. The molecule has 112 valence electrons. The first-order valence-electron chi connectivity index (χ1n) is 8.02. The van der Waals surface area contributed by atoms with Gasteiger partial charge in [0.05, 0.1) is 0 Å². The molecule has 0 aliphatic heterocycles. The van der Waals surface area contributed by atoms with E-state index in [1.54, 1.807) is 0 Å². The summed E-state index contributed by atoms with van der Waals surface area (Å²) >= 11 is 0. The molecular formula is C19H31N. The SMILES string of the molecule is C=CCCCCCC(NCC)C(C)(C)c1ccccc1. The van der Waals surface area contributed by atoms with Gasteiger partial charge in [-0.05, 0) is 31.4 Å². The Labute approximate surface area is 125 Å². The topological polar surface area (TPSA) is 12.0 Å². The van der Waals surface area contributed by atoms with Crippen molar-refractivity contribution in [3.8, 4) is 0 Å². The smallest absolute Gasteiger partial charge is 0.0159 e. The second-order valence-electron chi connectivity index (χ2n) is 6.12. The normalized spacial score (nSPS) is 13.2. The Bertz CT molecular complexity index is 367. The number of benzene rings is 1. The fraction of sp³-hybridized carbons (Fsp3) is 0.579. The van der Waals surface area contributed by atoms with Gasteiger partial charge in [0.1, 0.15) is 0 Å². The lowest BCUT2D eigenvalue weighted by atomic mass is 9.75. The summed E-state index contributed by atoms with van der Waals surface area (Å²) in [5.41, 5.74) is 1.60. The Morgan fingerprint density at radius 2 is 1.85 bits per heavy atom. The summed E-state index contributed by atoms with van der Waals surface area (Å²) in [6, 6.07) is 11.4. The van der Waals surface area contributed by atoms with Gasteiger partial charge in [-0.3, -0.25) is 0 Å². The Kier molecular flexibility index (Phi) is 7.61. The van der Waals surface area contributed by atoms with E-state index >= 15 is 0 Å². The minimum atomic E-state index is 0.176. The number of hydrogen-bond acceptors (Lipinski definition) is 1. The molecule has 20 heavy (non-hydrogen) atoms. The Morgan fingerprint density at radius 1 is 1.15 bits per heavy atom. The van der Waals surface area contributed by atoms with Gasteiger partial charge in [0, 0.05) is 11.5 Å². The molecule has 0 saturated heterocycles. The van der Waals surface area contributed by atoms with Crippen LogP contribution in [0.5, 0.6) is 0 Å². The van der Waals surface area contributed by atoms with Gasteiger partial charge in [-0.2, -0.15) is 0 Å². The molecule has 0 spiro atoms. The zero-order valence-electron chi connectivity index (χ0n) is 13.5. The van der Waals surface area contributed by atoms with Crippen LogP contribution in [0, 0.1) is 0 Å². The number of unbranched alkanes of at least 4 members (excludes halogenated alkanes) is 3. The molecule has 0 heterocycles. The van der Waals surface area contributed by atoms with Crippen LogP contribution in [0.25, 0.3) is 0 Å². The summed E-state index contributed by atoms with van der Waals surface area (Å²) in [7, 11) is 0. The van der Waals surface area contributed by atoms with Crippen molar-refractivity contribution in [3.05, 3.63) is 48.6 Å². The van der Waals surface area contributed by atoms with Crippen LogP contribution in [-0.2, 0) is 5.41 Å². The van der Waals surface area contributed by atoms with Crippen LogP contribution in [0.2, 0.25) is 0 Å². The predicted molar refractivity (Wildman–Crippen MR) is 90.2 cm³/mol. The van der Waals surface area contributed by atoms with Gasteiger partial charge in [-0.15, -0.1) is 6.58 Å². The van der Waals surface area contributed by atoms with Crippen LogP contribution in [-0.4, -0.2) is 12.6 Å². The van der Waals surface area contributed by atoms with Gasteiger partial charge < -0.3 is 5.32 Å². The van der Waals surface area contributed by atoms with E-state index in [1.807, 2.05) is 6.08 Å². The maximum atomic E-state index is 3.79. The van der Waals surface area contributed by atoms with E-state index in [-0.39, 0.29) is 5.41 Å². The molecule has 0 aliphatic carbocycles. The molecule has 0 fully saturated rings. The van der Waals surface area contributed by atoms with Crippen molar-refractivity contribution < 1.29 is 0 Å². The van der Waals surface area contributed by atoms with E-state index in [1.165, 1.54) is 31.2 Å². The maximum absolute atomic E-state index is 3.79. The van der Waals surface area contributed by atoms with Crippen molar-refractivity contribution in [2.45, 2.75) is 64.3 Å². The summed E-state index contributed by atoms with van der Waals surface area (Å²) in [4.78, 5) is 0. The highest BCUT2D eigenvalue weighted by Gasteiger charge is 2.29. The standard InChI is InChI=1S/C19H31N/c1-5-7-8-9-13-16-18(20-6-2)19(3,4)17-14-11-10-12-15-17/h5,10-12,14-15,18,20H,1,6-9,13,16H2,2-4H3. The third kappa shape index (κ3) is 5.13. The van der Waals surface area contributed by atoms with E-state index < -0.39 is 0 Å². The van der Waals surface area contributed by atoms with Crippen molar-refractivity contribution >= 4 is 0 Å².